The second-order valence-corrected chi connectivity index (χ2v) is 3.71. The standard InChI is InChI=1S/C9H7BrF2O3/c1-5-2-3-7(6(10)4-5)15-9(11,12)8(13)14/h2-4H,1H3,(H,13,14). The van der Waals surface area contributed by atoms with E-state index in [1.165, 1.54) is 12.1 Å². The maximum absolute atomic E-state index is 12.7. The smallest absolute Gasteiger partial charge is 0.474 e. The Kier molecular flexibility index (Phi) is 3.28. The molecular weight excluding hydrogens is 274 g/mol. The van der Waals surface area contributed by atoms with Crippen LogP contribution in [0, 0.1) is 6.92 Å². The van der Waals surface area contributed by atoms with Crippen molar-refractivity contribution in [1.82, 2.24) is 0 Å². The molecule has 0 atom stereocenters. The van der Waals surface area contributed by atoms with Crippen molar-refractivity contribution < 1.29 is 23.4 Å². The molecule has 0 bridgehead atoms. The number of carboxylic acid groups (broad SMARTS) is 1. The van der Waals surface area contributed by atoms with Crippen molar-refractivity contribution in [2.45, 2.75) is 13.0 Å². The fraction of sp³-hybridized carbons (Fsp3) is 0.222. The van der Waals surface area contributed by atoms with Gasteiger partial charge in [0.1, 0.15) is 5.75 Å². The number of rotatable bonds is 3. The molecule has 1 aromatic carbocycles. The second-order valence-electron chi connectivity index (χ2n) is 2.86. The third-order valence-corrected chi connectivity index (χ3v) is 2.19. The molecule has 0 radical (unpaired) electrons. The number of alkyl halides is 2. The van der Waals surface area contributed by atoms with Crippen LogP contribution in [0.4, 0.5) is 8.78 Å². The minimum Gasteiger partial charge on any atom is -0.474 e. The molecule has 0 aliphatic rings. The lowest BCUT2D eigenvalue weighted by atomic mass is 10.2. The summed E-state index contributed by atoms with van der Waals surface area (Å²) in [6.45, 7) is 1.77. The van der Waals surface area contributed by atoms with Crippen LogP contribution in [0.1, 0.15) is 5.56 Å². The Morgan fingerprint density at radius 2 is 2.13 bits per heavy atom. The molecule has 1 rings (SSSR count). The predicted octanol–water partition coefficient (Wildman–Crippen LogP) is 2.81. The van der Waals surface area contributed by atoms with Crippen LogP contribution >= 0.6 is 15.9 Å². The van der Waals surface area contributed by atoms with Gasteiger partial charge in [0, 0.05) is 0 Å². The third-order valence-electron chi connectivity index (χ3n) is 1.57. The van der Waals surface area contributed by atoms with Crippen LogP contribution in [0.2, 0.25) is 0 Å². The summed E-state index contributed by atoms with van der Waals surface area (Å²) >= 11 is 3.00. The van der Waals surface area contributed by atoms with E-state index in [4.69, 9.17) is 5.11 Å². The Labute approximate surface area is 92.8 Å². The molecule has 0 aliphatic heterocycles. The number of hydrogen-bond acceptors (Lipinski definition) is 2. The molecule has 0 aromatic heterocycles. The summed E-state index contributed by atoms with van der Waals surface area (Å²) in [7, 11) is 0. The largest absolute Gasteiger partial charge is 0.501 e. The van der Waals surface area contributed by atoms with Crippen LogP contribution < -0.4 is 4.74 Å². The Balaban J connectivity index is 2.95. The number of carboxylic acids is 1. The van der Waals surface area contributed by atoms with E-state index in [-0.39, 0.29) is 10.2 Å². The summed E-state index contributed by atoms with van der Waals surface area (Å²) in [5.41, 5.74) is 0.841. The van der Waals surface area contributed by atoms with Gasteiger partial charge in [-0.1, -0.05) is 6.07 Å². The highest BCUT2D eigenvalue weighted by molar-refractivity contribution is 9.10. The van der Waals surface area contributed by atoms with E-state index in [1.54, 1.807) is 13.0 Å². The molecule has 0 spiro atoms. The molecule has 0 fully saturated rings. The molecule has 3 nitrogen and oxygen atoms in total. The minimum absolute atomic E-state index is 0.215. The normalized spacial score (nSPS) is 11.2. The van der Waals surface area contributed by atoms with E-state index >= 15 is 0 Å². The van der Waals surface area contributed by atoms with Crippen LogP contribution in [0.15, 0.2) is 22.7 Å². The van der Waals surface area contributed by atoms with E-state index < -0.39 is 12.1 Å². The highest BCUT2D eigenvalue weighted by atomic mass is 79.9. The minimum atomic E-state index is -4.22. The summed E-state index contributed by atoms with van der Waals surface area (Å²) in [6.07, 6.45) is -4.22. The first-order chi connectivity index (χ1) is 6.83. The van der Waals surface area contributed by atoms with Gasteiger partial charge in [-0.3, -0.25) is 0 Å². The zero-order valence-electron chi connectivity index (χ0n) is 7.63. The molecule has 0 saturated heterocycles. The van der Waals surface area contributed by atoms with E-state index in [9.17, 15) is 13.6 Å². The lowest BCUT2D eigenvalue weighted by molar-refractivity contribution is -0.211. The first-order valence-corrected chi connectivity index (χ1v) is 4.68. The van der Waals surface area contributed by atoms with Gasteiger partial charge in [0.25, 0.3) is 0 Å². The quantitative estimate of drug-likeness (QED) is 0.926. The zero-order valence-corrected chi connectivity index (χ0v) is 9.22. The lowest BCUT2D eigenvalue weighted by Crippen LogP contribution is -2.34. The van der Waals surface area contributed by atoms with Gasteiger partial charge in [-0.2, -0.15) is 8.78 Å². The van der Waals surface area contributed by atoms with Gasteiger partial charge in [0.05, 0.1) is 4.47 Å². The van der Waals surface area contributed by atoms with E-state index in [0.29, 0.717) is 0 Å². The average Bonchev–Trinajstić information content (AvgIpc) is 2.09. The monoisotopic (exact) mass is 280 g/mol. The van der Waals surface area contributed by atoms with Crippen LogP contribution in [0.5, 0.6) is 5.75 Å². The van der Waals surface area contributed by atoms with Crippen molar-refractivity contribution in [2.75, 3.05) is 0 Å². The number of halogens is 3. The highest BCUT2D eigenvalue weighted by Crippen LogP contribution is 2.30. The van der Waals surface area contributed by atoms with Gasteiger partial charge >= 0.3 is 12.1 Å². The topological polar surface area (TPSA) is 46.5 Å². The average molecular weight is 281 g/mol. The number of aliphatic carboxylic acids is 1. The molecule has 1 aromatic rings. The SMILES string of the molecule is Cc1ccc(OC(F)(F)C(=O)O)c(Br)c1. The molecule has 6 heteroatoms. The molecule has 1 N–H and O–H groups in total. The van der Waals surface area contributed by atoms with Gasteiger partial charge < -0.3 is 9.84 Å². The number of hydrogen-bond donors (Lipinski definition) is 1. The molecule has 0 aliphatic carbocycles. The molecule has 15 heavy (non-hydrogen) atoms. The Morgan fingerprint density at radius 1 is 1.53 bits per heavy atom. The maximum atomic E-state index is 12.7. The number of benzene rings is 1. The van der Waals surface area contributed by atoms with Crippen LogP contribution in [-0.2, 0) is 4.79 Å². The third kappa shape index (κ3) is 2.89. The van der Waals surface area contributed by atoms with Crippen LogP contribution in [0.25, 0.3) is 0 Å². The van der Waals surface area contributed by atoms with Crippen molar-refractivity contribution >= 4 is 21.9 Å². The fourth-order valence-electron chi connectivity index (χ4n) is 0.870. The summed E-state index contributed by atoms with van der Waals surface area (Å²) in [5, 5.41) is 8.16. The summed E-state index contributed by atoms with van der Waals surface area (Å²) < 4.78 is 29.7. The van der Waals surface area contributed by atoms with E-state index in [2.05, 4.69) is 20.7 Å². The fourth-order valence-corrected chi connectivity index (χ4v) is 1.44. The molecule has 0 saturated carbocycles. The highest BCUT2D eigenvalue weighted by Gasteiger charge is 2.42. The summed E-state index contributed by atoms with van der Waals surface area (Å²) in [6, 6.07) is 4.36. The van der Waals surface area contributed by atoms with Crippen LogP contribution in [-0.4, -0.2) is 17.2 Å². The van der Waals surface area contributed by atoms with Crippen LogP contribution in [0.3, 0.4) is 0 Å². The van der Waals surface area contributed by atoms with Crippen molar-refractivity contribution in [3.05, 3.63) is 28.2 Å². The lowest BCUT2D eigenvalue weighted by Gasteiger charge is -2.14. The first-order valence-electron chi connectivity index (χ1n) is 3.89. The zero-order chi connectivity index (χ0) is 11.6. The van der Waals surface area contributed by atoms with Gasteiger partial charge in [-0.25, -0.2) is 4.79 Å². The van der Waals surface area contributed by atoms with E-state index in [1.807, 2.05) is 0 Å². The van der Waals surface area contributed by atoms with Crippen molar-refractivity contribution in [3.8, 4) is 5.75 Å². The number of ether oxygens (including phenoxy) is 1. The Hall–Kier alpha value is -1.17. The summed E-state index contributed by atoms with van der Waals surface area (Å²) in [4.78, 5) is 10.1. The number of aryl methyl sites for hydroxylation is 1. The molecule has 0 heterocycles. The van der Waals surface area contributed by atoms with Gasteiger partial charge in [0.2, 0.25) is 0 Å². The molecular formula is C9H7BrF2O3. The van der Waals surface area contributed by atoms with Gasteiger partial charge in [-0.15, -0.1) is 0 Å². The Morgan fingerprint density at radius 3 is 2.60 bits per heavy atom. The van der Waals surface area contributed by atoms with E-state index in [0.717, 1.165) is 5.56 Å². The van der Waals surface area contributed by atoms with Crippen molar-refractivity contribution in [1.29, 1.82) is 0 Å². The van der Waals surface area contributed by atoms with Crippen molar-refractivity contribution in [3.63, 3.8) is 0 Å². The van der Waals surface area contributed by atoms with Gasteiger partial charge in [-0.05, 0) is 40.5 Å². The summed E-state index contributed by atoms with van der Waals surface area (Å²) in [5.74, 6) is -2.54. The van der Waals surface area contributed by atoms with Crippen molar-refractivity contribution in [2.24, 2.45) is 0 Å². The predicted molar refractivity (Wildman–Crippen MR) is 52.1 cm³/mol. The first kappa shape index (κ1) is 11.9. The Bertz CT molecular complexity index is 393. The maximum Gasteiger partial charge on any atom is 0.501 e. The van der Waals surface area contributed by atoms with Gasteiger partial charge in [0.15, 0.2) is 0 Å². The molecule has 0 amide bonds. The second kappa shape index (κ2) is 4.14. The molecule has 82 valence electrons. The number of carbonyl (C=O) groups is 1. The molecule has 0 unspecified atom stereocenters.